The van der Waals surface area contributed by atoms with Crippen LogP contribution in [0.2, 0.25) is 0 Å². The summed E-state index contributed by atoms with van der Waals surface area (Å²) in [6.45, 7) is 2.46. The third-order valence-corrected chi connectivity index (χ3v) is 4.25. The summed E-state index contributed by atoms with van der Waals surface area (Å²) in [4.78, 5) is 15.5. The van der Waals surface area contributed by atoms with E-state index in [1.165, 1.54) is 0 Å². The van der Waals surface area contributed by atoms with Crippen LogP contribution in [0.1, 0.15) is 49.4 Å². The van der Waals surface area contributed by atoms with Crippen LogP contribution in [0.15, 0.2) is 5.38 Å². The maximum absolute atomic E-state index is 12.5. The van der Waals surface area contributed by atoms with Crippen LogP contribution in [0.25, 0.3) is 0 Å². The van der Waals surface area contributed by atoms with Crippen LogP contribution in [0.3, 0.4) is 0 Å². The zero-order valence-electron chi connectivity index (χ0n) is 11.6. The summed E-state index contributed by atoms with van der Waals surface area (Å²) in [6.07, 6.45) is -2.01. The van der Waals surface area contributed by atoms with Gasteiger partial charge in [-0.2, -0.15) is 13.2 Å². The van der Waals surface area contributed by atoms with Crippen LogP contribution < -0.4 is 5.32 Å². The predicted octanol–water partition coefficient (Wildman–Crippen LogP) is 3.30. The molecule has 1 aromatic heterocycles. The lowest BCUT2D eigenvalue weighted by Crippen LogP contribution is -2.30. The molecule has 2 heterocycles. The molecule has 1 N–H and O–H groups in total. The van der Waals surface area contributed by atoms with Crippen LogP contribution in [-0.2, 0) is 15.7 Å². The molecule has 8 heteroatoms. The number of ether oxygens (including phenoxy) is 1. The molecule has 0 bridgehead atoms. The molecule has 2 rings (SSSR count). The Morgan fingerprint density at radius 2 is 2.38 bits per heavy atom. The first-order chi connectivity index (χ1) is 9.90. The van der Waals surface area contributed by atoms with Gasteiger partial charge in [-0.1, -0.05) is 6.92 Å². The number of aromatic nitrogens is 1. The number of nitrogens with one attached hydrogen (secondary N) is 1. The number of thiazole rings is 1. The van der Waals surface area contributed by atoms with E-state index in [1.54, 1.807) is 6.92 Å². The molecule has 0 aliphatic carbocycles. The van der Waals surface area contributed by atoms with Crippen molar-refractivity contribution in [1.82, 2.24) is 10.3 Å². The van der Waals surface area contributed by atoms with Crippen molar-refractivity contribution in [2.75, 3.05) is 6.61 Å². The van der Waals surface area contributed by atoms with Gasteiger partial charge in [-0.05, 0) is 19.3 Å². The van der Waals surface area contributed by atoms with Gasteiger partial charge in [-0.15, -0.1) is 11.3 Å². The Morgan fingerprint density at radius 3 is 2.90 bits per heavy atom. The van der Waals surface area contributed by atoms with Crippen molar-refractivity contribution >= 4 is 17.2 Å². The summed E-state index contributed by atoms with van der Waals surface area (Å²) in [5.74, 6) is -0.211. The van der Waals surface area contributed by atoms with E-state index in [4.69, 9.17) is 4.74 Å². The van der Waals surface area contributed by atoms with Gasteiger partial charge in [-0.25, -0.2) is 4.98 Å². The standard InChI is InChI=1S/C13H17F3N2O2S/c1-2-9(12-18-10(7-21-12)13(14,15)16)17-11(19)6-8-4-3-5-20-8/h7-9H,2-6H2,1H3,(H,17,19). The first-order valence-electron chi connectivity index (χ1n) is 6.83. The average Bonchev–Trinajstić information content (AvgIpc) is 3.05. The fraction of sp³-hybridized carbons (Fsp3) is 0.692. The highest BCUT2D eigenvalue weighted by atomic mass is 32.1. The molecule has 1 fully saturated rings. The van der Waals surface area contributed by atoms with Crippen LogP contribution in [0, 0.1) is 0 Å². The number of rotatable bonds is 5. The number of halogens is 3. The Balaban J connectivity index is 1.95. The second-order valence-electron chi connectivity index (χ2n) is 4.94. The Morgan fingerprint density at radius 1 is 1.62 bits per heavy atom. The number of amides is 1. The molecule has 0 aromatic carbocycles. The summed E-state index contributed by atoms with van der Waals surface area (Å²) in [6, 6.07) is -0.486. The smallest absolute Gasteiger partial charge is 0.378 e. The molecule has 0 radical (unpaired) electrons. The molecule has 2 atom stereocenters. The van der Waals surface area contributed by atoms with E-state index in [2.05, 4.69) is 10.3 Å². The van der Waals surface area contributed by atoms with E-state index in [0.29, 0.717) is 13.0 Å². The summed E-state index contributed by atoms with van der Waals surface area (Å²) >= 11 is 0.917. The molecule has 1 amide bonds. The largest absolute Gasteiger partial charge is 0.434 e. The molecule has 1 aliphatic rings. The SMILES string of the molecule is CCC(NC(=O)CC1CCCO1)c1nc(C(F)(F)F)cs1. The second-order valence-corrected chi connectivity index (χ2v) is 5.83. The fourth-order valence-corrected chi connectivity index (χ4v) is 3.14. The third-order valence-electron chi connectivity index (χ3n) is 3.29. The summed E-state index contributed by atoms with van der Waals surface area (Å²) in [5, 5.41) is 4.00. The molecule has 1 aromatic rings. The maximum atomic E-state index is 12.5. The van der Waals surface area contributed by atoms with Gasteiger partial charge in [0.05, 0.1) is 18.6 Å². The van der Waals surface area contributed by atoms with Gasteiger partial charge in [0.25, 0.3) is 0 Å². The van der Waals surface area contributed by atoms with Crippen LogP contribution in [0.4, 0.5) is 13.2 Å². The van der Waals surface area contributed by atoms with Crippen LogP contribution in [-0.4, -0.2) is 23.6 Å². The highest BCUT2D eigenvalue weighted by Crippen LogP contribution is 2.32. The number of nitrogens with zero attached hydrogens (tertiary/aromatic N) is 1. The highest BCUT2D eigenvalue weighted by Gasteiger charge is 2.34. The van der Waals surface area contributed by atoms with Crippen molar-refractivity contribution in [3.63, 3.8) is 0 Å². The Bertz CT molecular complexity index is 484. The molecular weight excluding hydrogens is 305 g/mol. The zero-order chi connectivity index (χ0) is 15.5. The summed E-state index contributed by atoms with van der Waals surface area (Å²) < 4.78 is 43.0. The van der Waals surface area contributed by atoms with Crippen molar-refractivity contribution in [3.05, 3.63) is 16.1 Å². The molecule has 1 aliphatic heterocycles. The van der Waals surface area contributed by atoms with Crippen molar-refractivity contribution in [1.29, 1.82) is 0 Å². The van der Waals surface area contributed by atoms with Crippen molar-refractivity contribution in [3.8, 4) is 0 Å². The van der Waals surface area contributed by atoms with Gasteiger partial charge in [0.2, 0.25) is 5.91 Å². The number of carbonyl (C=O) groups excluding carboxylic acids is 1. The minimum Gasteiger partial charge on any atom is -0.378 e. The average molecular weight is 322 g/mol. The highest BCUT2D eigenvalue weighted by molar-refractivity contribution is 7.09. The number of hydrogen-bond donors (Lipinski definition) is 1. The van der Waals surface area contributed by atoms with Gasteiger partial charge in [0.15, 0.2) is 5.69 Å². The van der Waals surface area contributed by atoms with Crippen molar-refractivity contribution in [2.45, 2.75) is 50.9 Å². The molecule has 118 valence electrons. The van der Waals surface area contributed by atoms with Crippen molar-refractivity contribution in [2.24, 2.45) is 0 Å². The zero-order valence-corrected chi connectivity index (χ0v) is 12.4. The van der Waals surface area contributed by atoms with E-state index >= 15 is 0 Å². The monoisotopic (exact) mass is 322 g/mol. The van der Waals surface area contributed by atoms with Gasteiger partial charge in [0.1, 0.15) is 5.01 Å². The summed E-state index contributed by atoms with van der Waals surface area (Å²) in [7, 11) is 0. The molecule has 2 unspecified atom stereocenters. The summed E-state index contributed by atoms with van der Waals surface area (Å²) in [5.41, 5.74) is -0.908. The first-order valence-corrected chi connectivity index (χ1v) is 7.71. The minimum absolute atomic E-state index is 0.0791. The number of carbonyl (C=O) groups is 1. The first kappa shape index (κ1) is 16.2. The molecule has 0 spiro atoms. The third kappa shape index (κ3) is 4.41. The lowest BCUT2D eigenvalue weighted by Gasteiger charge is -2.16. The van der Waals surface area contributed by atoms with Gasteiger partial charge >= 0.3 is 6.18 Å². The quantitative estimate of drug-likeness (QED) is 0.905. The molecule has 1 saturated heterocycles. The van der Waals surface area contributed by atoms with E-state index in [1.807, 2.05) is 0 Å². The minimum atomic E-state index is -4.45. The van der Waals surface area contributed by atoms with E-state index in [-0.39, 0.29) is 23.4 Å². The number of hydrogen-bond acceptors (Lipinski definition) is 4. The lowest BCUT2D eigenvalue weighted by atomic mass is 10.1. The molecular formula is C13H17F3N2O2S. The Labute approximate surface area is 124 Å². The Kier molecular flexibility index (Phi) is 5.21. The van der Waals surface area contributed by atoms with Crippen molar-refractivity contribution < 1.29 is 22.7 Å². The second kappa shape index (κ2) is 6.74. The van der Waals surface area contributed by atoms with Gasteiger partial charge < -0.3 is 10.1 Å². The Hall–Kier alpha value is -1.15. The topological polar surface area (TPSA) is 51.2 Å². The lowest BCUT2D eigenvalue weighted by molar-refractivity contribution is -0.140. The van der Waals surface area contributed by atoms with Crippen LogP contribution in [0.5, 0.6) is 0 Å². The van der Waals surface area contributed by atoms with Gasteiger partial charge in [-0.3, -0.25) is 4.79 Å². The van der Waals surface area contributed by atoms with E-state index < -0.39 is 17.9 Å². The molecule has 21 heavy (non-hydrogen) atoms. The normalized spacial score (nSPS) is 20.5. The molecule has 0 saturated carbocycles. The molecule has 4 nitrogen and oxygen atoms in total. The predicted molar refractivity (Wildman–Crippen MR) is 71.9 cm³/mol. The van der Waals surface area contributed by atoms with E-state index in [9.17, 15) is 18.0 Å². The maximum Gasteiger partial charge on any atom is 0.434 e. The van der Waals surface area contributed by atoms with Gasteiger partial charge in [0, 0.05) is 12.0 Å². The fourth-order valence-electron chi connectivity index (χ4n) is 2.18. The van der Waals surface area contributed by atoms with Crippen LogP contribution >= 0.6 is 11.3 Å². The van der Waals surface area contributed by atoms with E-state index in [0.717, 1.165) is 29.6 Å². The number of alkyl halides is 3.